The monoisotopic (exact) mass is 421 g/mol. The molecule has 2 heterocycles. The van der Waals surface area contributed by atoms with Crippen molar-refractivity contribution in [2.75, 3.05) is 25.4 Å². The first-order valence-electron chi connectivity index (χ1n) is 11.0. The summed E-state index contributed by atoms with van der Waals surface area (Å²) in [5.74, 6) is 6.78. The van der Waals surface area contributed by atoms with Gasteiger partial charge in [-0.1, -0.05) is 12.8 Å². The van der Waals surface area contributed by atoms with Crippen molar-refractivity contribution >= 4 is 11.7 Å². The largest absolute Gasteiger partial charge is 0.494 e. The Morgan fingerprint density at radius 3 is 2.71 bits per heavy atom. The van der Waals surface area contributed by atoms with Gasteiger partial charge in [-0.3, -0.25) is 4.79 Å². The molecule has 1 aromatic carbocycles. The number of nitrogens with two attached hydrogens (primary N) is 2. The van der Waals surface area contributed by atoms with Gasteiger partial charge in [0, 0.05) is 30.8 Å². The number of ether oxygens (including phenoxy) is 1. The number of hydrogen-bond donors (Lipinski definition) is 2. The molecule has 164 valence electrons. The second-order valence-electron chi connectivity index (χ2n) is 8.65. The van der Waals surface area contributed by atoms with Crippen molar-refractivity contribution in [2.45, 2.75) is 52.1 Å². The third-order valence-corrected chi connectivity index (χ3v) is 6.49. The van der Waals surface area contributed by atoms with E-state index in [2.05, 4.69) is 18.8 Å². The van der Waals surface area contributed by atoms with Crippen molar-refractivity contribution in [1.29, 1.82) is 0 Å². The fourth-order valence-corrected chi connectivity index (χ4v) is 4.86. The van der Waals surface area contributed by atoms with Crippen LogP contribution in [0.15, 0.2) is 24.3 Å². The van der Waals surface area contributed by atoms with Crippen LogP contribution in [0.1, 0.15) is 51.1 Å². The van der Waals surface area contributed by atoms with Gasteiger partial charge in [0.15, 0.2) is 0 Å². The van der Waals surface area contributed by atoms with Gasteiger partial charge in [-0.05, 0) is 68.2 Å². The summed E-state index contributed by atoms with van der Waals surface area (Å²) in [6.45, 7) is 6.37. The first-order valence-corrected chi connectivity index (χ1v) is 11.0. The van der Waals surface area contributed by atoms with Crippen LogP contribution >= 0.6 is 0 Å². The molecule has 7 heteroatoms. The van der Waals surface area contributed by atoms with E-state index in [0.717, 1.165) is 61.3 Å². The number of rotatable bonds is 6. The van der Waals surface area contributed by atoms with Crippen LogP contribution < -0.4 is 16.2 Å². The van der Waals surface area contributed by atoms with Crippen LogP contribution in [0.25, 0.3) is 11.3 Å². The average molecular weight is 422 g/mol. The molecule has 7 nitrogen and oxygen atoms in total. The van der Waals surface area contributed by atoms with Crippen molar-refractivity contribution in [3.8, 4) is 28.8 Å². The van der Waals surface area contributed by atoms with E-state index in [1.54, 1.807) is 6.92 Å². The molecular formula is C24H31N5O2. The summed E-state index contributed by atoms with van der Waals surface area (Å²) in [4.78, 5) is 14.0. The van der Waals surface area contributed by atoms with Crippen molar-refractivity contribution in [3.05, 3.63) is 29.8 Å². The molecule has 2 aromatic rings. The summed E-state index contributed by atoms with van der Waals surface area (Å²) in [6, 6.07) is 8.17. The predicted octanol–water partition coefficient (Wildman–Crippen LogP) is 2.96. The van der Waals surface area contributed by atoms with Gasteiger partial charge in [-0.2, -0.15) is 5.10 Å². The van der Waals surface area contributed by atoms with Crippen LogP contribution in [0.5, 0.6) is 5.75 Å². The number of likely N-dealkylation sites (tertiary alicyclic amines) is 1. The zero-order valence-electron chi connectivity index (χ0n) is 18.4. The van der Waals surface area contributed by atoms with Crippen LogP contribution in [0.3, 0.4) is 0 Å². The molecular weight excluding hydrogens is 390 g/mol. The van der Waals surface area contributed by atoms with Crippen molar-refractivity contribution in [3.63, 3.8) is 0 Å². The van der Waals surface area contributed by atoms with Gasteiger partial charge in [0.1, 0.15) is 11.6 Å². The Bertz CT molecular complexity index is 1010. The Hall–Kier alpha value is -2.98. The Kier molecular flexibility index (Phi) is 5.92. The average Bonchev–Trinajstić information content (AvgIpc) is 3.33. The Balaban J connectivity index is 1.49. The standard InChI is InChI=1S/C24H31N5O2/c1-3-5-21(30)28-11-10-24(16-28)13-18(14-24)29-23(26)20(15-25)22(27-29)17-6-8-19(9-7-17)31-12-4-2/h6-9,18H,4,10-16,25-26H2,1-2H3. The van der Waals surface area contributed by atoms with E-state index in [4.69, 9.17) is 21.3 Å². The second-order valence-corrected chi connectivity index (χ2v) is 8.65. The number of carbonyl (C=O) groups is 1. The van der Waals surface area contributed by atoms with E-state index >= 15 is 0 Å². The highest BCUT2D eigenvalue weighted by Crippen LogP contribution is 2.54. The lowest BCUT2D eigenvalue weighted by Gasteiger charge is -2.45. The second kappa shape index (κ2) is 8.64. The lowest BCUT2D eigenvalue weighted by atomic mass is 9.65. The van der Waals surface area contributed by atoms with Gasteiger partial charge >= 0.3 is 0 Å². The molecule has 1 aromatic heterocycles. The Morgan fingerprint density at radius 2 is 2.06 bits per heavy atom. The van der Waals surface area contributed by atoms with Crippen LogP contribution in [0.4, 0.5) is 5.82 Å². The van der Waals surface area contributed by atoms with Crippen LogP contribution in [-0.4, -0.2) is 40.3 Å². The first kappa shape index (κ1) is 21.3. The maximum absolute atomic E-state index is 12.1. The fourth-order valence-electron chi connectivity index (χ4n) is 4.86. The van der Waals surface area contributed by atoms with E-state index < -0.39 is 0 Å². The zero-order chi connectivity index (χ0) is 22.0. The molecule has 2 aliphatic rings. The fraction of sp³-hybridized carbons (Fsp3) is 0.500. The SMILES string of the molecule is CC#CC(=O)N1CCC2(CC(n3nc(-c4ccc(OCCC)cc4)c(CN)c3N)C2)C1. The summed E-state index contributed by atoms with van der Waals surface area (Å²) in [5.41, 5.74) is 15.4. The number of nitrogen functional groups attached to an aromatic ring is 1. The molecule has 1 aliphatic carbocycles. The lowest BCUT2D eigenvalue weighted by molar-refractivity contribution is -0.125. The molecule has 4 rings (SSSR count). The summed E-state index contributed by atoms with van der Waals surface area (Å²) in [7, 11) is 0. The highest BCUT2D eigenvalue weighted by atomic mass is 16.5. The normalized spacial score (nSPS) is 22.2. The summed E-state index contributed by atoms with van der Waals surface area (Å²) < 4.78 is 7.62. The van der Waals surface area contributed by atoms with E-state index in [1.165, 1.54) is 0 Å². The molecule has 0 radical (unpaired) electrons. The van der Waals surface area contributed by atoms with E-state index in [1.807, 2.05) is 33.8 Å². The molecule has 31 heavy (non-hydrogen) atoms. The summed E-state index contributed by atoms with van der Waals surface area (Å²) in [5, 5.41) is 4.87. The van der Waals surface area contributed by atoms with Crippen molar-refractivity contribution in [1.82, 2.24) is 14.7 Å². The molecule has 0 unspecified atom stereocenters. The number of benzene rings is 1. The van der Waals surface area contributed by atoms with Crippen molar-refractivity contribution in [2.24, 2.45) is 11.1 Å². The van der Waals surface area contributed by atoms with Gasteiger partial charge in [-0.25, -0.2) is 4.68 Å². The maximum atomic E-state index is 12.1. The minimum absolute atomic E-state index is 0.0690. The molecule has 2 fully saturated rings. The third-order valence-electron chi connectivity index (χ3n) is 6.49. The Labute approximate surface area is 183 Å². The maximum Gasteiger partial charge on any atom is 0.298 e. The molecule has 1 saturated heterocycles. The molecule has 1 amide bonds. The number of anilines is 1. The number of hydrogen-bond acceptors (Lipinski definition) is 5. The van der Waals surface area contributed by atoms with Crippen LogP contribution in [-0.2, 0) is 11.3 Å². The minimum Gasteiger partial charge on any atom is -0.494 e. The van der Waals surface area contributed by atoms with Gasteiger partial charge in [0.2, 0.25) is 0 Å². The molecule has 4 N–H and O–H groups in total. The van der Waals surface area contributed by atoms with Gasteiger partial charge in [-0.15, -0.1) is 0 Å². The summed E-state index contributed by atoms with van der Waals surface area (Å²) in [6.07, 6.45) is 3.92. The zero-order valence-corrected chi connectivity index (χ0v) is 18.4. The highest BCUT2D eigenvalue weighted by molar-refractivity contribution is 5.93. The molecule has 0 atom stereocenters. The van der Waals surface area contributed by atoms with Crippen molar-refractivity contribution < 1.29 is 9.53 Å². The number of carbonyl (C=O) groups excluding carboxylic acids is 1. The molecule has 1 aliphatic heterocycles. The first-order chi connectivity index (χ1) is 15.0. The topological polar surface area (TPSA) is 99.4 Å². The molecule has 1 saturated carbocycles. The van der Waals surface area contributed by atoms with Crippen LogP contribution in [0.2, 0.25) is 0 Å². The molecule has 0 bridgehead atoms. The summed E-state index contributed by atoms with van der Waals surface area (Å²) >= 11 is 0. The van der Waals surface area contributed by atoms with E-state index in [9.17, 15) is 4.79 Å². The highest BCUT2D eigenvalue weighted by Gasteiger charge is 2.50. The molecule has 1 spiro atoms. The van der Waals surface area contributed by atoms with Gasteiger partial charge in [0.25, 0.3) is 5.91 Å². The van der Waals surface area contributed by atoms with E-state index in [-0.39, 0.29) is 17.4 Å². The number of aromatic nitrogens is 2. The lowest BCUT2D eigenvalue weighted by Crippen LogP contribution is -2.42. The van der Waals surface area contributed by atoms with Crippen LogP contribution in [0, 0.1) is 17.3 Å². The van der Waals surface area contributed by atoms with Gasteiger partial charge in [0.05, 0.1) is 18.3 Å². The predicted molar refractivity (Wildman–Crippen MR) is 121 cm³/mol. The number of amides is 1. The quantitative estimate of drug-likeness (QED) is 0.699. The smallest absolute Gasteiger partial charge is 0.298 e. The van der Waals surface area contributed by atoms with Gasteiger partial charge < -0.3 is 21.1 Å². The van der Waals surface area contributed by atoms with E-state index in [0.29, 0.717) is 19.0 Å². The Morgan fingerprint density at radius 1 is 1.32 bits per heavy atom. The third kappa shape index (κ3) is 4.00. The minimum atomic E-state index is -0.0690. The number of nitrogens with zero attached hydrogens (tertiary/aromatic N) is 3.